The molecule has 0 bridgehead atoms. The van der Waals surface area contributed by atoms with Crippen molar-refractivity contribution in [2.45, 2.75) is 18.4 Å². The summed E-state index contributed by atoms with van der Waals surface area (Å²) in [6.07, 6.45) is 5.31. The quantitative estimate of drug-likeness (QED) is 0.443. The van der Waals surface area contributed by atoms with Crippen LogP contribution in [0.4, 0.5) is 11.4 Å². The van der Waals surface area contributed by atoms with Crippen LogP contribution in [0.5, 0.6) is 0 Å². The molecule has 4 aromatic rings. The topological polar surface area (TPSA) is 93.1 Å². The third kappa shape index (κ3) is 5.22. The standard InChI is InChI=1S/C24H22N4O3S/c1-18-5-9-21(10-6-18)27-32(30,31)23-11-7-20(8-12-23)24(29)26-22-4-2-3-19(15-22)16-28-14-13-25-17-28/h2-15,17,27H,16H2,1H3,(H,26,29). The van der Waals surface area contributed by atoms with Crippen LogP contribution < -0.4 is 10.0 Å². The first-order chi connectivity index (χ1) is 15.4. The van der Waals surface area contributed by atoms with Crippen LogP contribution in [0, 0.1) is 6.92 Å². The van der Waals surface area contributed by atoms with Crippen molar-refractivity contribution in [3.8, 4) is 0 Å². The van der Waals surface area contributed by atoms with E-state index in [1.807, 2.05) is 48.0 Å². The Morgan fingerprint density at radius 3 is 2.41 bits per heavy atom. The van der Waals surface area contributed by atoms with Crippen molar-refractivity contribution in [2.75, 3.05) is 10.0 Å². The van der Waals surface area contributed by atoms with E-state index in [2.05, 4.69) is 15.0 Å². The van der Waals surface area contributed by atoms with E-state index >= 15 is 0 Å². The van der Waals surface area contributed by atoms with Crippen molar-refractivity contribution in [3.63, 3.8) is 0 Å². The molecule has 1 heterocycles. The molecular weight excluding hydrogens is 424 g/mol. The van der Waals surface area contributed by atoms with Crippen LogP contribution >= 0.6 is 0 Å². The lowest BCUT2D eigenvalue weighted by atomic mass is 10.1. The number of sulfonamides is 1. The molecule has 0 saturated heterocycles. The van der Waals surface area contributed by atoms with E-state index in [0.29, 0.717) is 23.5 Å². The number of aromatic nitrogens is 2. The predicted octanol–water partition coefficient (Wildman–Crippen LogP) is 4.29. The normalized spacial score (nSPS) is 11.2. The van der Waals surface area contributed by atoms with Gasteiger partial charge in [-0.3, -0.25) is 9.52 Å². The lowest BCUT2D eigenvalue weighted by Crippen LogP contribution is -2.15. The van der Waals surface area contributed by atoms with Crippen molar-refractivity contribution >= 4 is 27.3 Å². The molecule has 0 aliphatic carbocycles. The molecule has 0 aliphatic rings. The summed E-state index contributed by atoms with van der Waals surface area (Å²) in [6, 6.07) is 20.4. The van der Waals surface area contributed by atoms with Gasteiger partial charge in [-0.15, -0.1) is 0 Å². The van der Waals surface area contributed by atoms with Crippen LogP contribution in [0.15, 0.2) is 96.4 Å². The minimum absolute atomic E-state index is 0.0805. The number of rotatable bonds is 7. The first-order valence-corrected chi connectivity index (χ1v) is 11.4. The number of carbonyl (C=O) groups is 1. The first kappa shape index (κ1) is 21.3. The fourth-order valence-corrected chi connectivity index (χ4v) is 4.22. The highest BCUT2D eigenvalue weighted by molar-refractivity contribution is 7.92. The number of aryl methyl sites for hydroxylation is 1. The maximum Gasteiger partial charge on any atom is 0.261 e. The van der Waals surface area contributed by atoms with Crippen LogP contribution in [0.25, 0.3) is 0 Å². The van der Waals surface area contributed by atoms with E-state index in [4.69, 9.17) is 0 Å². The molecule has 0 spiro atoms. The van der Waals surface area contributed by atoms with Gasteiger partial charge < -0.3 is 9.88 Å². The monoisotopic (exact) mass is 446 g/mol. The molecule has 1 amide bonds. The summed E-state index contributed by atoms with van der Waals surface area (Å²) in [4.78, 5) is 16.7. The Hall–Kier alpha value is -3.91. The Bertz CT molecular complexity index is 1310. The van der Waals surface area contributed by atoms with Gasteiger partial charge in [0.05, 0.1) is 11.2 Å². The van der Waals surface area contributed by atoms with E-state index in [1.165, 1.54) is 24.3 Å². The molecule has 1 aromatic heterocycles. The van der Waals surface area contributed by atoms with E-state index in [0.717, 1.165) is 11.1 Å². The largest absolute Gasteiger partial charge is 0.333 e. The molecule has 0 aliphatic heterocycles. The fourth-order valence-electron chi connectivity index (χ4n) is 3.16. The summed E-state index contributed by atoms with van der Waals surface area (Å²) in [7, 11) is -3.75. The number of anilines is 2. The zero-order valence-corrected chi connectivity index (χ0v) is 18.2. The predicted molar refractivity (Wildman–Crippen MR) is 124 cm³/mol. The number of nitrogens with zero attached hydrogens (tertiary/aromatic N) is 2. The zero-order chi connectivity index (χ0) is 22.6. The second-order valence-corrected chi connectivity index (χ2v) is 9.07. The van der Waals surface area contributed by atoms with Crippen molar-refractivity contribution in [1.29, 1.82) is 0 Å². The van der Waals surface area contributed by atoms with Crippen molar-refractivity contribution in [2.24, 2.45) is 0 Å². The number of carbonyl (C=O) groups excluding carboxylic acids is 1. The van der Waals surface area contributed by atoms with E-state index in [-0.39, 0.29) is 10.8 Å². The highest BCUT2D eigenvalue weighted by Crippen LogP contribution is 2.18. The van der Waals surface area contributed by atoms with Crippen molar-refractivity contribution in [1.82, 2.24) is 9.55 Å². The summed E-state index contributed by atoms with van der Waals surface area (Å²) in [5.41, 5.74) is 3.55. The minimum Gasteiger partial charge on any atom is -0.333 e. The summed E-state index contributed by atoms with van der Waals surface area (Å²) in [5.74, 6) is -0.319. The Balaban J connectivity index is 1.43. The maximum absolute atomic E-state index is 12.6. The second kappa shape index (κ2) is 9.07. The highest BCUT2D eigenvalue weighted by Gasteiger charge is 2.15. The molecule has 0 unspecified atom stereocenters. The third-order valence-corrected chi connectivity index (χ3v) is 6.24. The van der Waals surface area contributed by atoms with Gasteiger partial charge >= 0.3 is 0 Å². The van der Waals surface area contributed by atoms with Crippen LogP contribution in [0.2, 0.25) is 0 Å². The maximum atomic E-state index is 12.6. The van der Waals surface area contributed by atoms with Crippen molar-refractivity contribution in [3.05, 3.63) is 108 Å². The number of hydrogen-bond donors (Lipinski definition) is 2. The van der Waals surface area contributed by atoms with Crippen LogP contribution in [-0.4, -0.2) is 23.9 Å². The molecule has 3 aromatic carbocycles. The molecule has 2 N–H and O–H groups in total. The highest BCUT2D eigenvalue weighted by atomic mass is 32.2. The number of amides is 1. The summed E-state index contributed by atoms with van der Waals surface area (Å²) < 4.78 is 29.7. The van der Waals surface area contributed by atoms with E-state index < -0.39 is 10.0 Å². The number of nitrogens with one attached hydrogen (secondary N) is 2. The average molecular weight is 447 g/mol. The molecule has 0 radical (unpaired) electrons. The van der Waals surface area contributed by atoms with Gasteiger partial charge in [0.1, 0.15) is 0 Å². The van der Waals surface area contributed by atoms with E-state index in [1.54, 1.807) is 30.7 Å². The van der Waals surface area contributed by atoms with Gasteiger partial charge in [0, 0.05) is 35.9 Å². The Kier molecular flexibility index (Phi) is 6.04. The molecule has 0 saturated carbocycles. The lowest BCUT2D eigenvalue weighted by Gasteiger charge is -2.10. The minimum atomic E-state index is -3.75. The average Bonchev–Trinajstić information content (AvgIpc) is 3.28. The SMILES string of the molecule is Cc1ccc(NS(=O)(=O)c2ccc(C(=O)Nc3cccc(Cn4ccnc4)c3)cc2)cc1. The smallest absolute Gasteiger partial charge is 0.261 e. The molecule has 8 heteroatoms. The fraction of sp³-hybridized carbons (Fsp3) is 0.0833. The molecule has 32 heavy (non-hydrogen) atoms. The molecule has 0 fully saturated rings. The first-order valence-electron chi connectivity index (χ1n) is 9.95. The zero-order valence-electron chi connectivity index (χ0n) is 17.4. The van der Waals surface area contributed by atoms with Gasteiger partial charge in [0.15, 0.2) is 0 Å². The molecule has 162 valence electrons. The number of hydrogen-bond acceptors (Lipinski definition) is 4. The van der Waals surface area contributed by atoms with Gasteiger partial charge in [-0.05, 0) is 61.0 Å². The van der Waals surface area contributed by atoms with Crippen LogP contribution in [0.3, 0.4) is 0 Å². The number of imidazole rings is 1. The molecule has 7 nitrogen and oxygen atoms in total. The Labute approximate surface area is 186 Å². The summed E-state index contributed by atoms with van der Waals surface area (Å²) >= 11 is 0. The third-order valence-electron chi connectivity index (χ3n) is 4.84. The molecular formula is C24H22N4O3S. The van der Waals surface area contributed by atoms with Gasteiger partial charge in [-0.25, -0.2) is 13.4 Å². The van der Waals surface area contributed by atoms with Crippen LogP contribution in [-0.2, 0) is 16.6 Å². The van der Waals surface area contributed by atoms with Crippen LogP contribution in [0.1, 0.15) is 21.5 Å². The van der Waals surface area contributed by atoms with Gasteiger partial charge in [-0.2, -0.15) is 0 Å². The van der Waals surface area contributed by atoms with E-state index in [9.17, 15) is 13.2 Å². The summed E-state index contributed by atoms with van der Waals surface area (Å²) in [6.45, 7) is 2.57. The molecule has 4 rings (SSSR count). The van der Waals surface area contributed by atoms with Gasteiger partial charge in [-0.1, -0.05) is 29.8 Å². The Morgan fingerprint density at radius 1 is 0.969 bits per heavy atom. The van der Waals surface area contributed by atoms with Gasteiger partial charge in [0.25, 0.3) is 15.9 Å². The lowest BCUT2D eigenvalue weighted by molar-refractivity contribution is 0.102. The second-order valence-electron chi connectivity index (χ2n) is 7.39. The Morgan fingerprint density at radius 2 is 1.72 bits per heavy atom. The van der Waals surface area contributed by atoms with Crippen molar-refractivity contribution < 1.29 is 13.2 Å². The van der Waals surface area contributed by atoms with Gasteiger partial charge in [0.2, 0.25) is 0 Å². The molecule has 0 atom stereocenters. The number of benzene rings is 3. The summed E-state index contributed by atoms with van der Waals surface area (Å²) in [5, 5.41) is 2.85.